The summed E-state index contributed by atoms with van der Waals surface area (Å²) >= 11 is 0. The van der Waals surface area contributed by atoms with Crippen molar-refractivity contribution in [1.29, 1.82) is 5.26 Å². The van der Waals surface area contributed by atoms with Gasteiger partial charge in [-0.25, -0.2) is 0 Å². The monoisotopic (exact) mass is 306 g/mol. The molecule has 0 aromatic heterocycles. The second-order valence-electron chi connectivity index (χ2n) is 5.93. The Morgan fingerprint density at radius 1 is 1.27 bits per heavy atom. The summed E-state index contributed by atoms with van der Waals surface area (Å²) < 4.78 is 17.2. The Labute approximate surface area is 133 Å². The van der Waals surface area contributed by atoms with Crippen molar-refractivity contribution in [2.45, 2.75) is 65.8 Å². The van der Waals surface area contributed by atoms with Crippen LogP contribution in [0.15, 0.2) is 28.6 Å². The molecule has 1 atom stereocenters. The first kappa shape index (κ1) is 18.2. The number of hydrogen-bond donors (Lipinski definition) is 0. The summed E-state index contributed by atoms with van der Waals surface area (Å²) in [5, 5.41) is 9.48. The van der Waals surface area contributed by atoms with Crippen LogP contribution < -0.4 is 0 Å². The fourth-order valence-corrected chi connectivity index (χ4v) is 2.08. The average molecular weight is 306 g/mol. The van der Waals surface area contributed by atoms with Crippen LogP contribution in [0.3, 0.4) is 0 Å². The van der Waals surface area contributed by atoms with Gasteiger partial charge in [-0.3, -0.25) is 0 Å². The molecule has 0 aromatic carbocycles. The van der Waals surface area contributed by atoms with Gasteiger partial charge in [-0.05, 0) is 53.7 Å². The molecule has 0 aromatic rings. The largest absolute Gasteiger partial charge is 0.475 e. The summed E-state index contributed by atoms with van der Waals surface area (Å²) in [7, 11) is 0. The Balaban J connectivity index is 3.31. The number of hydrogen-bond acceptors (Lipinski definition) is 5. The predicted octanol–water partition coefficient (Wildman–Crippen LogP) is 3.73. The molecule has 1 heterocycles. The van der Waals surface area contributed by atoms with Gasteiger partial charge in [0.05, 0.1) is 23.4 Å². The van der Waals surface area contributed by atoms with E-state index in [1.165, 1.54) is 0 Å². The molecular formula is C17H26N2O3. The van der Waals surface area contributed by atoms with E-state index < -0.39 is 5.60 Å². The number of aliphatic imine (C=N–C) groups is 1. The van der Waals surface area contributed by atoms with Crippen molar-refractivity contribution < 1.29 is 14.2 Å². The van der Waals surface area contributed by atoms with Crippen molar-refractivity contribution in [2.75, 3.05) is 6.61 Å². The molecule has 0 radical (unpaired) electrons. The van der Waals surface area contributed by atoms with Crippen LogP contribution in [0.2, 0.25) is 0 Å². The van der Waals surface area contributed by atoms with Gasteiger partial charge in [0.25, 0.3) is 0 Å². The summed E-state index contributed by atoms with van der Waals surface area (Å²) in [4.78, 5) is 4.38. The Morgan fingerprint density at radius 2 is 1.91 bits per heavy atom. The van der Waals surface area contributed by atoms with Crippen LogP contribution in [0.25, 0.3) is 0 Å². The van der Waals surface area contributed by atoms with Crippen molar-refractivity contribution >= 4 is 5.90 Å². The standard InChI is InChI=1S/C17H26N2O3/c1-7-20-17(6)9-8-15(21-12(2)3)19-16(22-13(4)5)14(10-17)11-18/h8-9,12-13H,7,10H2,1-6H3/b9-8-,16-14-,19-15+. The first-order valence-corrected chi connectivity index (χ1v) is 7.68. The van der Waals surface area contributed by atoms with Gasteiger partial charge in [0.15, 0.2) is 0 Å². The zero-order valence-electron chi connectivity index (χ0n) is 14.3. The Hall–Kier alpha value is -1.80. The van der Waals surface area contributed by atoms with E-state index in [1.54, 1.807) is 6.08 Å². The topological polar surface area (TPSA) is 63.8 Å². The maximum atomic E-state index is 9.48. The summed E-state index contributed by atoms with van der Waals surface area (Å²) in [5.74, 6) is 0.729. The van der Waals surface area contributed by atoms with Crippen molar-refractivity contribution in [3.05, 3.63) is 23.6 Å². The van der Waals surface area contributed by atoms with Crippen molar-refractivity contribution in [3.63, 3.8) is 0 Å². The van der Waals surface area contributed by atoms with E-state index in [-0.39, 0.29) is 12.2 Å². The van der Waals surface area contributed by atoms with Crippen molar-refractivity contribution in [1.82, 2.24) is 0 Å². The van der Waals surface area contributed by atoms with Gasteiger partial charge in [-0.2, -0.15) is 10.3 Å². The second-order valence-corrected chi connectivity index (χ2v) is 5.93. The van der Waals surface area contributed by atoms with Crippen LogP contribution in [-0.2, 0) is 14.2 Å². The summed E-state index contributed by atoms with van der Waals surface area (Å²) in [6.45, 7) is 12.1. The molecule has 5 heteroatoms. The van der Waals surface area contributed by atoms with E-state index in [0.29, 0.717) is 30.4 Å². The summed E-state index contributed by atoms with van der Waals surface area (Å²) in [6.07, 6.45) is 3.99. The Morgan fingerprint density at radius 3 is 2.41 bits per heavy atom. The predicted molar refractivity (Wildman–Crippen MR) is 86.3 cm³/mol. The van der Waals surface area contributed by atoms with Crippen molar-refractivity contribution in [2.24, 2.45) is 4.99 Å². The lowest BCUT2D eigenvalue weighted by Gasteiger charge is -2.28. The lowest BCUT2D eigenvalue weighted by atomic mass is 9.95. The normalized spacial score (nSPS) is 29.3. The smallest absolute Gasteiger partial charge is 0.231 e. The zero-order chi connectivity index (χ0) is 16.8. The third-order valence-electron chi connectivity index (χ3n) is 2.89. The van der Waals surface area contributed by atoms with Crippen LogP contribution in [0.4, 0.5) is 0 Å². The fourth-order valence-electron chi connectivity index (χ4n) is 2.08. The third-order valence-corrected chi connectivity index (χ3v) is 2.89. The second kappa shape index (κ2) is 8.00. The number of rotatable bonds is 5. The molecule has 0 saturated heterocycles. The molecule has 0 fully saturated rings. The van der Waals surface area contributed by atoms with Crippen LogP contribution >= 0.6 is 0 Å². The lowest BCUT2D eigenvalue weighted by molar-refractivity contribution is 0.0131. The van der Waals surface area contributed by atoms with E-state index in [1.807, 2.05) is 47.6 Å². The van der Waals surface area contributed by atoms with E-state index in [0.717, 1.165) is 0 Å². The summed E-state index contributed by atoms with van der Waals surface area (Å²) in [6, 6.07) is 2.19. The Kier molecular flexibility index (Phi) is 6.63. The highest BCUT2D eigenvalue weighted by Crippen LogP contribution is 2.28. The van der Waals surface area contributed by atoms with Crippen LogP contribution in [0.1, 0.15) is 48.0 Å². The molecule has 122 valence electrons. The highest BCUT2D eigenvalue weighted by atomic mass is 16.5. The lowest BCUT2D eigenvalue weighted by Crippen LogP contribution is -2.29. The minimum atomic E-state index is -0.590. The molecule has 0 amide bonds. The third kappa shape index (κ3) is 5.53. The maximum absolute atomic E-state index is 9.48. The minimum absolute atomic E-state index is 0.0213. The molecule has 0 aliphatic carbocycles. The highest BCUT2D eigenvalue weighted by Gasteiger charge is 2.28. The molecule has 22 heavy (non-hydrogen) atoms. The molecule has 1 aliphatic heterocycles. The first-order valence-electron chi connectivity index (χ1n) is 7.68. The highest BCUT2D eigenvalue weighted by molar-refractivity contribution is 5.89. The molecule has 5 nitrogen and oxygen atoms in total. The molecule has 0 N–H and O–H groups in total. The van der Waals surface area contributed by atoms with Crippen LogP contribution in [-0.4, -0.2) is 30.3 Å². The van der Waals surface area contributed by atoms with Gasteiger partial charge in [0, 0.05) is 13.0 Å². The van der Waals surface area contributed by atoms with Crippen LogP contribution in [0.5, 0.6) is 0 Å². The molecule has 0 saturated carbocycles. The summed E-state index contributed by atoms with van der Waals surface area (Å²) in [5.41, 5.74) is -0.133. The molecule has 0 bridgehead atoms. The van der Waals surface area contributed by atoms with E-state index in [4.69, 9.17) is 14.2 Å². The quantitative estimate of drug-likeness (QED) is 0.776. The SMILES string of the molecule is CCOC1(C)\C=C/C(OC(C)C)=N\C(OC(C)C)=C(\C#N)C1. The number of nitrogens with zero attached hydrogens (tertiary/aromatic N) is 2. The van der Waals surface area contributed by atoms with Gasteiger partial charge in [-0.15, -0.1) is 0 Å². The Bertz CT molecular complexity index is 512. The number of nitriles is 1. The zero-order valence-corrected chi connectivity index (χ0v) is 14.3. The molecular weight excluding hydrogens is 280 g/mol. The fraction of sp³-hybridized carbons (Fsp3) is 0.647. The van der Waals surface area contributed by atoms with Gasteiger partial charge in [0.2, 0.25) is 11.8 Å². The van der Waals surface area contributed by atoms with E-state index in [2.05, 4.69) is 11.1 Å². The molecule has 0 spiro atoms. The average Bonchev–Trinajstić information content (AvgIpc) is 2.39. The minimum Gasteiger partial charge on any atom is -0.475 e. The maximum Gasteiger partial charge on any atom is 0.231 e. The van der Waals surface area contributed by atoms with Crippen molar-refractivity contribution in [3.8, 4) is 6.07 Å². The van der Waals surface area contributed by atoms with E-state index >= 15 is 0 Å². The molecule has 1 unspecified atom stereocenters. The van der Waals surface area contributed by atoms with Gasteiger partial charge < -0.3 is 14.2 Å². The van der Waals surface area contributed by atoms with Gasteiger partial charge in [-0.1, -0.05) is 0 Å². The van der Waals surface area contributed by atoms with Gasteiger partial charge >= 0.3 is 0 Å². The van der Waals surface area contributed by atoms with E-state index in [9.17, 15) is 5.26 Å². The molecule has 1 rings (SSSR count). The number of ether oxygens (including phenoxy) is 3. The molecule has 1 aliphatic rings. The van der Waals surface area contributed by atoms with Gasteiger partial charge in [0.1, 0.15) is 6.07 Å². The first-order chi connectivity index (χ1) is 10.3. The van der Waals surface area contributed by atoms with Crippen LogP contribution in [0, 0.1) is 11.3 Å².